The molecule has 84 valence electrons. The van der Waals surface area contributed by atoms with Crippen LogP contribution in [0.3, 0.4) is 0 Å². The van der Waals surface area contributed by atoms with E-state index in [2.05, 4.69) is 9.89 Å². The van der Waals surface area contributed by atoms with Crippen molar-refractivity contribution >= 4 is 5.97 Å². The normalized spacial score (nSPS) is 12.8. The summed E-state index contributed by atoms with van der Waals surface area (Å²) in [5, 5.41) is 3.61. The number of carbonyl (C=O) groups excluding carboxylic acids is 1. The summed E-state index contributed by atoms with van der Waals surface area (Å²) < 4.78 is 9.37. The number of aromatic nitrogens is 1. The second-order valence-corrected chi connectivity index (χ2v) is 3.65. The van der Waals surface area contributed by atoms with Gasteiger partial charge in [-0.1, -0.05) is 12.1 Å². The molecule has 0 radical (unpaired) electrons. The van der Waals surface area contributed by atoms with Crippen molar-refractivity contribution in [1.29, 1.82) is 0 Å². The first-order valence-corrected chi connectivity index (χ1v) is 4.78. The molecule has 0 fully saturated rings. The van der Waals surface area contributed by atoms with E-state index >= 15 is 0 Å². The molecule has 1 heterocycles. The number of nitrogens with zero attached hydrogens (tertiary/aromatic N) is 2. The topological polar surface area (TPSA) is 55.6 Å². The van der Waals surface area contributed by atoms with Crippen molar-refractivity contribution < 1.29 is 14.1 Å². The van der Waals surface area contributed by atoms with Crippen molar-refractivity contribution in [2.24, 2.45) is 5.92 Å². The van der Waals surface area contributed by atoms with Crippen LogP contribution >= 0.6 is 0 Å². The Morgan fingerprint density at radius 3 is 3.00 bits per heavy atom. The summed E-state index contributed by atoms with van der Waals surface area (Å²) in [5.41, 5.74) is 0.995. The van der Waals surface area contributed by atoms with E-state index in [0.29, 0.717) is 13.1 Å². The van der Waals surface area contributed by atoms with Crippen molar-refractivity contribution in [2.75, 3.05) is 20.7 Å². The Labute approximate surface area is 89.0 Å². The standard InChI is InChI=1S/C10H16N2O3/c1-8(10(13)14-3)5-12(2)6-9-4-11-15-7-9/h4,7-8H,5-6H2,1-3H3. The minimum Gasteiger partial charge on any atom is -0.469 e. The van der Waals surface area contributed by atoms with Crippen molar-refractivity contribution in [3.05, 3.63) is 18.0 Å². The van der Waals surface area contributed by atoms with E-state index in [0.717, 1.165) is 5.56 Å². The van der Waals surface area contributed by atoms with E-state index in [1.807, 2.05) is 18.9 Å². The minimum atomic E-state index is -0.188. The summed E-state index contributed by atoms with van der Waals surface area (Å²) in [6.45, 7) is 3.21. The molecule has 0 aromatic carbocycles. The number of carbonyl (C=O) groups is 1. The number of esters is 1. The largest absolute Gasteiger partial charge is 0.469 e. The van der Waals surface area contributed by atoms with Crippen LogP contribution in [0.25, 0.3) is 0 Å². The fourth-order valence-corrected chi connectivity index (χ4v) is 1.42. The molecule has 1 aromatic heterocycles. The first-order valence-electron chi connectivity index (χ1n) is 4.78. The summed E-state index contributed by atoms with van der Waals surface area (Å²) in [4.78, 5) is 13.2. The Morgan fingerprint density at radius 2 is 2.47 bits per heavy atom. The zero-order valence-corrected chi connectivity index (χ0v) is 9.27. The van der Waals surface area contributed by atoms with Gasteiger partial charge in [0, 0.05) is 18.7 Å². The van der Waals surface area contributed by atoms with Crippen molar-refractivity contribution in [3.8, 4) is 0 Å². The molecule has 5 nitrogen and oxygen atoms in total. The van der Waals surface area contributed by atoms with Crippen molar-refractivity contribution in [2.45, 2.75) is 13.5 Å². The fraction of sp³-hybridized carbons (Fsp3) is 0.600. The van der Waals surface area contributed by atoms with Gasteiger partial charge in [0.25, 0.3) is 0 Å². The van der Waals surface area contributed by atoms with E-state index in [-0.39, 0.29) is 11.9 Å². The van der Waals surface area contributed by atoms with Gasteiger partial charge in [-0.25, -0.2) is 0 Å². The van der Waals surface area contributed by atoms with Crippen LogP contribution in [0, 0.1) is 5.92 Å². The Bertz CT molecular complexity index is 298. The summed E-state index contributed by atoms with van der Waals surface area (Å²) in [5.74, 6) is -0.313. The molecule has 1 rings (SSSR count). The second-order valence-electron chi connectivity index (χ2n) is 3.65. The molecule has 0 aliphatic heterocycles. The number of hydrogen-bond acceptors (Lipinski definition) is 5. The molecule has 0 bridgehead atoms. The zero-order valence-electron chi connectivity index (χ0n) is 9.27. The van der Waals surface area contributed by atoms with Crippen LogP contribution in [0.1, 0.15) is 12.5 Å². The van der Waals surface area contributed by atoms with Gasteiger partial charge in [-0.05, 0) is 7.05 Å². The maximum absolute atomic E-state index is 11.2. The molecule has 0 amide bonds. The second kappa shape index (κ2) is 5.50. The van der Waals surface area contributed by atoms with Crippen LogP contribution in [0.15, 0.2) is 17.0 Å². The van der Waals surface area contributed by atoms with Crippen LogP contribution in [0.2, 0.25) is 0 Å². The average Bonchev–Trinajstić information content (AvgIpc) is 2.68. The third-order valence-corrected chi connectivity index (χ3v) is 2.13. The molecule has 0 aliphatic carbocycles. The van der Waals surface area contributed by atoms with E-state index in [1.165, 1.54) is 7.11 Å². The minimum absolute atomic E-state index is 0.125. The molecule has 0 spiro atoms. The number of ether oxygens (including phenoxy) is 1. The van der Waals surface area contributed by atoms with E-state index in [4.69, 9.17) is 4.52 Å². The maximum atomic E-state index is 11.2. The lowest BCUT2D eigenvalue weighted by atomic mass is 10.1. The first-order chi connectivity index (χ1) is 7.13. The third-order valence-electron chi connectivity index (χ3n) is 2.13. The van der Waals surface area contributed by atoms with Crippen LogP contribution in [-0.4, -0.2) is 36.7 Å². The van der Waals surface area contributed by atoms with Gasteiger partial charge in [-0.3, -0.25) is 4.79 Å². The predicted octanol–water partition coefficient (Wildman–Crippen LogP) is 0.915. The van der Waals surface area contributed by atoms with Gasteiger partial charge in [0.05, 0.1) is 19.2 Å². The molecule has 0 N–H and O–H groups in total. The fourth-order valence-electron chi connectivity index (χ4n) is 1.42. The Morgan fingerprint density at radius 1 is 1.73 bits per heavy atom. The van der Waals surface area contributed by atoms with Gasteiger partial charge < -0.3 is 14.2 Å². The van der Waals surface area contributed by atoms with Gasteiger partial charge in [0.2, 0.25) is 0 Å². The summed E-state index contributed by atoms with van der Waals surface area (Å²) >= 11 is 0. The van der Waals surface area contributed by atoms with E-state index in [9.17, 15) is 4.79 Å². The van der Waals surface area contributed by atoms with E-state index < -0.39 is 0 Å². The quantitative estimate of drug-likeness (QED) is 0.679. The van der Waals surface area contributed by atoms with Gasteiger partial charge in [0.1, 0.15) is 6.26 Å². The predicted molar refractivity (Wildman–Crippen MR) is 54.0 cm³/mol. The van der Waals surface area contributed by atoms with Crippen LogP contribution < -0.4 is 0 Å². The third kappa shape index (κ3) is 3.71. The monoisotopic (exact) mass is 212 g/mol. The molecule has 15 heavy (non-hydrogen) atoms. The molecule has 0 aliphatic rings. The molecular formula is C10H16N2O3. The van der Waals surface area contributed by atoms with Crippen LogP contribution in [-0.2, 0) is 16.1 Å². The highest BCUT2D eigenvalue weighted by molar-refractivity contribution is 5.72. The molecular weight excluding hydrogens is 196 g/mol. The number of rotatable bonds is 5. The van der Waals surface area contributed by atoms with Crippen LogP contribution in [0.4, 0.5) is 0 Å². The summed E-state index contributed by atoms with van der Waals surface area (Å²) in [7, 11) is 3.34. The molecule has 1 aromatic rings. The molecule has 5 heteroatoms. The molecule has 0 saturated heterocycles. The smallest absolute Gasteiger partial charge is 0.309 e. The Hall–Kier alpha value is -1.36. The van der Waals surface area contributed by atoms with Crippen LogP contribution in [0.5, 0.6) is 0 Å². The summed E-state index contributed by atoms with van der Waals surface area (Å²) in [6.07, 6.45) is 3.26. The van der Waals surface area contributed by atoms with Gasteiger partial charge in [0.15, 0.2) is 0 Å². The van der Waals surface area contributed by atoms with Crippen molar-refractivity contribution in [3.63, 3.8) is 0 Å². The lowest BCUT2D eigenvalue weighted by Gasteiger charge is -2.18. The van der Waals surface area contributed by atoms with Crippen molar-refractivity contribution in [1.82, 2.24) is 10.1 Å². The van der Waals surface area contributed by atoms with Gasteiger partial charge in [-0.15, -0.1) is 0 Å². The summed E-state index contributed by atoms with van der Waals surface area (Å²) in [6, 6.07) is 0. The highest BCUT2D eigenvalue weighted by Crippen LogP contribution is 2.05. The number of hydrogen-bond donors (Lipinski definition) is 0. The van der Waals surface area contributed by atoms with E-state index in [1.54, 1.807) is 12.5 Å². The lowest BCUT2D eigenvalue weighted by Crippen LogP contribution is -2.28. The van der Waals surface area contributed by atoms with Gasteiger partial charge >= 0.3 is 5.97 Å². The zero-order chi connectivity index (χ0) is 11.3. The Kier molecular flexibility index (Phi) is 4.30. The molecule has 0 saturated carbocycles. The first kappa shape index (κ1) is 11.7. The Balaban J connectivity index is 2.35. The number of methoxy groups -OCH3 is 1. The maximum Gasteiger partial charge on any atom is 0.309 e. The average molecular weight is 212 g/mol. The lowest BCUT2D eigenvalue weighted by molar-refractivity contribution is -0.145. The molecule has 1 unspecified atom stereocenters. The van der Waals surface area contributed by atoms with Gasteiger partial charge in [-0.2, -0.15) is 0 Å². The SMILES string of the molecule is COC(=O)C(C)CN(C)Cc1cnoc1. The molecule has 1 atom stereocenters. The highest BCUT2D eigenvalue weighted by Gasteiger charge is 2.15. The highest BCUT2D eigenvalue weighted by atomic mass is 16.5.